The number of aromatic nitrogens is 1. The summed E-state index contributed by atoms with van der Waals surface area (Å²) in [4.78, 5) is 31.3. The number of carbonyl (C=O) groups excluding carboxylic acids is 1. The Bertz CT molecular complexity index is 1340. The summed E-state index contributed by atoms with van der Waals surface area (Å²) >= 11 is 7.10. The predicted octanol–water partition coefficient (Wildman–Crippen LogP) is 5.54. The zero-order chi connectivity index (χ0) is 22.3. The maximum absolute atomic E-state index is 13.0. The lowest BCUT2D eigenvalue weighted by molar-refractivity contribution is 0.103. The van der Waals surface area contributed by atoms with E-state index in [1.165, 1.54) is 17.4 Å². The van der Waals surface area contributed by atoms with E-state index < -0.39 is 0 Å². The number of nitrogens with zero attached hydrogens (tertiary/aromatic N) is 2. The number of carbonyl (C=O) groups is 1. The topological polar surface area (TPSA) is 63.5 Å². The molecule has 168 valence electrons. The maximum Gasteiger partial charge on any atom is 0.266 e. The molecule has 0 saturated heterocycles. The third-order valence-electron chi connectivity index (χ3n) is 4.70. The first-order valence-electron chi connectivity index (χ1n) is 9.99. The third-order valence-corrected chi connectivity index (χ3v) is 6.01. The van der Waals surface area contributed by atoms with Gasteiger partial charge in [-0.15, -0.1) is 17.0 Å². The summed E-state index contributed by atoms with van der Waals surface area (Å²) in [5, 5.41) is 3.39. The van der Waals surface area contributed by atoms with Gasteiger partial charge in [0.1, 0.15) is 4.88 Å². The number of halogens is 2. The van der Waals surface area contributed by atoms with Crippen LogP contribution in [0.5, 0.6) is 0 Å². The Labute approximate surface area is 210 Å². The maximum atomic E-state index is 13.0. The number of rotatable bonds is 6. The summed E-state index contributed by atoms with van der Waals surface area (Å²) < 4.78 is 1.60. The third kappa shape index (κ3) is 6.74. The zero-order valence-electron chi connectivity index (χ0n) is 17.5. The standard InChI is InChI=1S/C25H20ClN3O2S.BrH/c26-20-11-13-21(14-12-20)28-24(31)22-15-23(30)29(17-19-9-5-2-6-10-19)25(32-22)27-16-18-7-3-1-4-8-18;/h1-15H,16-17H2,(H,28,31);1H. The van der Waals surface area contributed by atoms with Gasteiger partial charge in [0.15, 0.2) is 4.80 Å². The Morgan fingerprint density at radius 2 is 1.52 bits per heavy atom. The minimum Gasteiger partial charge on any atom is -0.321 e. The van der Waals surface area contributed by atoms with Gasteiger partial charge in [-0.05, 0) is 35.4 Å². The van der Waals surface area contributed by atoms with Crippen LogP contribution in [0.2, 0.25) is 5.02 Å². The number of benzene rings is 3. The van der Waals surface area contributed by atoms with Crippen molar-refractivity contribution in [3.8, 4) is 0 Å². The smallest absolute Gasteiger partial charge is 0.266 e. The van der Waals surface area contributed by atoms with Gasteiger partial charge in [0.05, 0.1) is 13.1 Å². The summed E-state index contributed by atoms with van der Waals surface area (Å²) in [6.45, 7) is 0.788. The van der Waals surface area contributed by atoms with Crippen LogP contribution in [0.25, 0.3) is 0 Å². The highest BCUT2D eigenvalue weighted by atomic mass is 79.9. The highest BCUT2D eigenvalue weighted by molar-refractivity contribution is 8.93. The summed E-state index contributed by atoms with van der Waals surface area (Å²) in [6.07, 6.45) is 0. The summed E-state index contributed by atoms with van der Waals surface area (Å²) in [5.41, 5.74) is 2.33. The van der Waals surface area contributed by atoms with Crippen LogP contribution in [0, 0.1) is 0 Å². The molecule has 1 amide bonds. The number of hydrogen-bond acceptors (Lipinski definition) is 4. The molecule has 0 saturated carbocycles. The lowest BCUT2D eigenvalue weighted by atomic mass is 10.2. The van der Waals surface area contributed by atoms with Crippen LogP contribution in [0.4, 0.5) is 5.69 Å². The van der Waals surface area contributed by atoms with Gasteiger partial charge in [-0.2, -0.15) is 0 Å². The van der Waals surface area contributed by atoms with E-state index in [9.17, 15) is 9.59 Å². The SMILES string of the molecule is Br.O=C(Nc1ccc(Cl)cc1)c1cc(=O)n(Cc2ccccc2)c(=NCc2ccccc2)s1. The van der Waals surface area contributed by atoms with Crippen LogP contribution >= 0.6 is 39.9 Å². The molecule has 0 bridgehead atoms. The molecule has 0 spiro atoms. The second-order valence-electron chi connectivity index (χ2n) is 7.07. The van der Waals surface area contributed by atoms with E-state index in [1.807, 2.05) is 60.7 Å². The normalized spacial score (nSPS) is 11.0. The van der Waals surface area contributed by atoms with Crippen molar-refractivity contribution >= 4 is 51.5 Å². The number of amides is 1. The Balaban J connectivity index is 0.00000306. The van der Waals surface area contributed by atoms with Gasteiger partial charge >= 0.3 is 0 Å². The van der Waals surface area contributed by atoms with Crippen molar-refractivity contribution in [2.24, 2.45) is 4.99 Å². The highest BCUT2D eigenvalue weighted by Gasteiger charge is 2.12. The molecule has 1 heterocycles. The zero-order valence-corrected chi connectivity index (χ0v) is 20.8. The summed E-state index contributed by atoms with van der Waals surface area (Å²) in [7, 11) is 0. The van der Waals surface area contributed by atoms with E-state index in [0.717, 1.165) is 11.1 Å². The second-order valence-corrected chi connectivity index (χ2v) is 8.51. The van der Waals surface area contributed by atoms with Gasteiger partial charge in [-0.25, -0.2) is 0 Å². The van der Waals surface area contributed by atoms with Crippen LogP contribution < -0.4 is 15.7 Å². The van der Waals surface area contributed by atoms with Crippen molar-refractivity contribution in [3.05, 3.63) is 127 Å². The molecular formula is C25H21BrClN3O2S. The van der Waals surface area contributed by atoms with Crippen molar-refractivity contribution in [1.82, 2.24) is 4.57 Å². The molecule has 5 nitrogen and oxygen atoms in total. The van der Waals surface area contributed by atoms with Gasteiger partial charge in [0, 0.05) is 16.8 Å². The van der Waals surface area contributed by atoms with Crippen LogP contribution in [-0.4, -0.2) is 10.5 Å². The fraction of sp³-hybridized carbons (Fsp3) is 0.0800. The quantitative estimate of drug-likeness (QED) is 0.348. The second kappa shape index (κ2) is 11.7. The van der Waals surface area contributed by atoms with E-state index in [0.29, 0.717) is 33.5 Å². The van der Waals surface area contributed by atoms with Gasteiger partial charge < -0.3 is 5.32 Å². The van der Waals surface area contributed by atoms with Gasteiger partial charge in [0.2, 0.25) is 0 Å². The number of nitrogens with one attached hydrogen (secondary N) is 1. The highest BCUT2D eigenvalue weighted by Crippen LogP contribution is 2.15. The van der Waals surface area contributed by atoms with Crippen molar-refractivity contribution in [2.45, 2.75) is 13.1 Å². The van der Waals surface area contributed by atoms with Gasteiger partial charge in [-0.3, -0.25) is 19.1 Å². The first kappa shape index (κ1) is 24.6. The van der Waals surface area contributed by atoms with Gasteiger partial charge in [-0.1, -0.05) is 83.6 Å². The lowest BCUT2D eigenvalue weighted by Gasteiger charge is -2.09. The molecule has 1 aromatic heterocycles. The molecule has 0 fully saturated rings. The Morgan fingerprint density at radius 1 is 0.909 bits per heavy atom. The van der Waals surface area contributed by atoms with Crippen LogP contribution in [0.3, 0.4) is 0 Å². The molecule has 0 aliphatic heterocycles. The summed E-state index contributed by atoms with van der Waals surface area (Å²) in [6, 6.07) is 27.7. The average Bonchev–Trinajstić information content (AvgIpc) is 2.82. The Hall–Kier alpha value is -3.00. The molecule has 4 rings (SSSR count). The van der Waals surface area contributed by atoms with E-state index >= 15 is 0 Å². The largest absolute Gasteiger partial charge is 0.321 e. The van der Waals surface area contributed by atoms with E-state index in [-0.39, 0.29) is 28.4 Å². The fourth-order valence-corrected chi connectivity index (χ4v) is 4.10. The molecule has 0 aliphatic carbocycles. The molecule has 33 heavy (non-hydrogen) atoms. The van der Waals surface area contributed by atoms with E-state index in [2.05, 4.69) is 10.3 Å². The Kier molecular flexibility index (Phi) is 8.77. The molecule has 0 atom stereocenters. The van der Waals surface area contributed by atoms with Crippen molar-refractivity contribution < 1.29 is 4.79 Å². The van der Waals surface area contributed by atoms with Crippen molar-refractivity contribution in [1.29, 1.82) is 0 Å². The first-order chi connectivity index (χ1) is 15.6. The molecule has 4 aromatic rings. The van der Waals surface area contributed by atoms with Crippen LogP contribution in [0.1, 0.15) is 20.8 Å². The minimum atomic E-state index is -0.363. The van der Waals surface area contributed by atoms with Gasteiger partial charge in [0.25, 0.3) is 11.5 Å². The molecule has 1 N–H and O–H groups in total. The number of anilines is 1. The monoisotopic (exact) mass is 541 g/mol. The molecular weight excluding hydrogens is 522 g/mol. The summed E-state index contributed by atoms with van der Waals surface area (Å²) in [5.74, 6) is -0.363. The predicted molar refractivity (Wildman–Crippen MR) is 140 cm³/mol. The lowest BCUT2D eigenvalue weighted by Crippen LogP contribution is -2.33. The van der Waals surface area contributed by atoms with Crippen molar-refractivity contribution in [2.75, 3.05) is 5.32 Å². The van der Waals surface area contributed by atoms with E-state index in [1.54, 1.807) is 28.8 Å². The average molecular weight is 543 g/mol. The minimum absolute atomic E-state index is 0. The molecule has 0 unspecified atom stereocenters. The Morgan fingerprint density at radius 3 is 2.15 bits per heavy atom. The van der Waals surface area contributed by atoms with E-state index in [4.69, 9.17) is 11.6 Å². The molecule has 0 radical (unpaired) electrons. The fourth-order valence-electron chi connectivity index (χ4n) is 3.08. The molecule has 0 aliphatic rings. The molecule has 8 heteroatoms. The first-order valence-corrected chi connectivity index (χ1v) is 11.2. The van der Waals surface area contributed by atoms with Crippen molar-refractivity contribution in [3.63, 3.8) is 0 Å². The molecule has 3 aromatic carbocycles. The van der Waals surface area contributed by atoms with Crippen LogP contribution in [0.15, 0.2) is 101 Å². The van der Waals surface area contributed by atoms with Crippen LogP contribution in [-0.2, 0) is 13.1 Å². The number of hydrogen-bond donors (Lipinski definition) is 1.